The van der Waals surface area contributed by atoms with Crippen LogP contribution in [0.1, 0.15) is 18.5 Å². The minimum absolute atomic E-state index is 0.183. The Labute approximate surface area is 90.2 Å². The van der Waals surface area contributed by atoms with Crippen LogP contribution in [0.25, 0.3) is 0 Å². The maximum atomic E-state index is 11.9. The number of halogens is 4. The molecule has 0 saturated carbocycles. The van der Waals surface area contributed by atoms with Crippen molar-refractivity contribution < 1.29 is 13.2 Å². The van der Waals surface area contributed by atoms with Gasteiger partial charge in [0.1, 0.15) is 0 Å². The molecule has 1 heterocycles. The average molecular weight is 242 g/mol. The minimum Gasteiger partial charge on any atom is -0.252 e. The topological polar surface area (TPSA) is 30.7 Å². The molecule has 0 saturated heterocycles. The van der Waals surface area contributed by atoms with E-state index in [0.717, 1.165) is 6.42 Å². The summed E-state index contributed by atoms with van der Waals surface area (Å²) in [6.07, 6.45) is -2.11. The number of aryl methyl sites for hydroxylation is 2. The summed E-state index contributed by atoms with van der Waals surface area (Å²) >= 11 is 5.48. The molecule has 1 rings (SSSR count). The molecule has 86 valence electrons. The highest BCUT2D eigenvalue weighted by Crippen LogP contribution is 2.19. The Morgan fingerprint density at radius 1 is 1.40 bits per heavy atom. The van der Waals surface area contributed by atoms with Crippen LogP contribution in [0.3, 0.4) is 0 Å². The molecule has 0 N–H and O–H groups in total. The monoisotopic (exact) mass is 241 g/mol. The number of hydrogen-bond acceptors (Lipinski definition) is 2. The fourth-order valence-electron chi connectivity index (χ4n) is 1.05. The third-order valence-corrected chi connectivity index (χ3v) is 2.04. The summed E-state index contributed by atoms with van der Waals surface area (Å²) < 4.78 is 36.8. The van der Waals surface area contributed by atoms with Gasteiger partial charge in [-0.3, -0.25) is 4.68 Å². The summed E-state index contributed by atoms with van der Waals surface area (Å²) in [5.41, 5.74) is 0.679. The van der Waals surface area contributed by atoms with Crippen molar-refractivity contribution in [2.24, 2.45) is 0 Å². The summed E-state index contributed by atoms with van der Waals surface area (Å²) in [6.45, 7) is -0.183. The fraction of sp³-hybridized carbons (Fsp3) is 0.750. The van der Waals surface area contributed by atoms with E-state index in [1.165, 1.54) is 10.9 Å². The van der Waals surface area contributed by atoms with Crippen LogP contribution in [-0.2, 0) is 13.0 Å². The van der Waals surface area contributed by atoms with Gasteiger partial charge in [-0.1, -0.05) is 5.21 Å². The van der Waals surface area contributed by atoms with Gasteiger partial charge in [0.05, 0.1) is 18.7 Å². The molecule has 0 bridgehead atoms. The highest BCUT2D eigenvalue weighted by atomic mass is 35.5. The predicted octanol–water partition coefficient (Wildman–Crippen LogP) is 2.40. The Balaban J connectivity index is 2.39. The average Bonchev–Trinajstić information content (AvgIpc) is 2.58. The number of hydrogen-bond donors (Lipinski definition) is 0. The quantitative estimate of drug-likeness (QED) is 0.741. The summed E-state index contributed by atoms with van der Waals surface area (Å²) in [5.74, 6) is 0.509. The lowest BCUT2D eigenvalue weighted by atomic mass is 10.3. The van der Waals surface area contributed by atoms with E-state index in [1.807, 2.05) is 0 Å². The molecule has 0 fully saturated rings. The Kier molecular flexibility index (Phi) is 4.38. The van der Waals surface area contributed by atoms with E-state index in [4.69, 9.17) is 11.6 Å². The first kappa shape index (κ1) is 12.3. The molecule has 0 aliphatic rings. The minimum atomic E-state index is -4.15. The zero-order valence-electron chi connectivity index (χ0n) is 7.97. The molecule has 0 amide bonds. The van der Waals surface area contributed by atoms with Crippen molar-refractivity contribution in [1.29, 1.82) is 0 Å². The van der Waals surface area contributed by atoms with Crippen LogP contribution in [-0.4, -0.2) is 27.1 Å². The van der Waals surface area contributed by atoms with Gasteiger partial charge >= 0.3 is 6.18 Å². The molecule has 0 aliphatic carbocycles. The van der Waals surface area contributed by atoms with Gasteiger partial charge in [0.25, 0.3) is 0 Å². The Hall–Kier alpha value is -0.780. The van der Waals surface area contributed by atoms with E-state index in [2.05, 4.69) is 10.3 Å². The number of alkyl halides is 4. The van der Waals surface area contributed by atoms with E-state index in [-0.39, 0.29) is 6.54 Å². The number of aromatic nitrogens is 3. The van der Waals surface area contributed by atoms with Crippen molar-refractivity contribution in [3.05, 3.63) is 11.9 Å². The van der Waals surface area contributed by atoms with Crippen molar-refractivity contribution in [2.45, 2.75) is 32.0 Å². The summed E-state index contributed by atoms with van der Waals surface area (Å²) in [6, 6.07) is 0. The van der Waals surface area contributed by atoms with Gasteiger partial charge in [0.15, 0.2) is 0 Å². The molecule has 7 heteroatoms. The molecule has 1 aromatic heterocycles. The predicted molar refractivity (Wildman–Crippen MR) is 49.7 cm³/mol. The Bertz CT molecular complexity index is 298. The van der Waals surface area contributed by atoms with Crippen molar-refractivity contribution in [1.82, 2.24) is 15.0 Å². The SMILES string of the molecule is FC(F)(F)CCn1cc(CCCCl)nn1. The van der Waals surface area contributed by atoms with Gasteiger partial charge in [-0.25, -0.2) is 0 Å². The molecular formula is C8H11ClF3N3. The number of nitrogens with zero attached hydrogens (tertiary/aromatic N) is 3. The van der Waals surface area contributed by atoms with Gasteiger partial charge in [0.2, 0.25) is 0 Å². The zero-order chi connectivity index (χ0) is 11.3. The van der Waals surface area contributed by atoms with Crippen LogP contribution in [0.15, 0.2) is 6.20 Å². The van der Waals surface area contributed by atoms with Crippen LogP contribution in [0.2, 0.25) is 0 Å². The maximum Gasteiger partial charge on any atom is 0.390 e. The maximum absolute atomic E-state index is 11.9. The van der Waals surface area contributed by atoms with Crippen LogP contribution < -0.4 is 0 Å². The van der Waals surface area contributed by atoms with Crippen LogP contribution >= 0.6 is 11.6 Å². The van der Waals surface area contributed by atoms with E-state index < -0.39 is 12.6 Å². The Morgan fingerprint density at radius 3 is 2.73 bits per heavy atom. The van der Waals surface area contributed by atoms with Crippen LogP contribution in [0.5, 0.6) is 0 Å². The third-order valence-electron chi connectivity index (χ3n) is 1.78. The molecule has 0 radical (unpaired) electrons. The van der Waals surface area contributed by atoms with Crippen LogP contribution in [0.4, 0.5) is 13.2 Å². The third kappa shape index (κ3) is 5.01. The fourth-order valence-corrected chi connectivity index (χ4v) is 1.19. The van der Waals surface area contributed by atoms with Crippen molar-refractivity contribution in [3.8, 4) is 0 Å². The first-order valence-electron chi connectivity index (χ1n) is 4.53. The number of rotatable bonds is 5. The molecule has 0 aromatic carbocycles. The van der Waals surface area contributed by atoms with E-state index in [9.17, 15) is 13.2 Å². The summed E-state index contributed by atoms with van der Waals surface area (Å²) in [4.78, 5) is 0. The largest absolute Gasteiger partial charge is 0.390 e. The van der Waals surface area contributed by atoms with Crippen LogP contribution in [0, 0.1) is 0 Å². The van der Waals surface area contributed by atoms with Gasteiger partial charge in [-0.05, 0) is 12.8 Å². The molecular weight excluding hydrogens is 231 g/mol. The summed E-state index contributed by atoms with van der Waals surface area (Å²) in [5, 5.41) is 7.34. The zero-order valence-corrected chi connectivity index (χ0v) is 8.72. The smallest absolute Gasteiger partial charge is 0.252 e. The second-order valence-electron chi connectivity index (χ2n) is 3.13. The van der Waals surface area contributed by atoms with Crippen molar-refractivity contribution >= 4 is 11.6 Å². The molecule has 0 aliphatic heterocycles. The molecule has 0 spiro atoms. The van der Waals surface area contributed by atoms with Crippen molar-refractivity contribution in [3.63, 3.8) is 0 Å². The van der Waals surface area contributed by atoms with E-state index >= 15 is 0 Å². The van der Waals surface area contributed by atoms with E-state index in [0.29, 0.717) is 18.0 Å². The molecule has 0 unspecified atom stereocenters. The first-order valence-corrected chi connectivity index (χ1v) is 5.06. The standard InChI is InChI=1S/C8H11ClF3N3/c9-4-1-2-7-6-15(14-13-7)5-3-8(10,11)12/h6H,1-5H2. The highest BCUT2D eigenvalue weighted by Gasteiger charge is 2.26. The molecule has 15 heavy (non-hydrogen) atoms. The lowest BCUT2D eigenvalue weighted by Crippen LogP contribution is -2.12. The van der Waals surface area contributed by atoms with Gasteiger partial charge in [0, 0.05) is 12.1 Å². The lowest BCUT2D eigenvalue weighted by Gasteiger charge is -2.04. The Morgan fingerprint density at radius 2 is 2.13 bits per heavy atom. The second kappa shape index (κ2) is 5.34. The lowest BCUT2D eigenvalue weighted by molar-refractivity contribution is -0.137. The second-order valence-corrected chi connectivity index (χ2v) is 3.51. The summed E-state index contributed by atoms with van der Waals surface area (Å²) in [7, 11) is 0. The van der Waals surface area contributed by atoms with Crippen molar-refractivity contribution in [2.75, 3.05) is 5.88 Å². The van der Waals surface area contributed by atoms with Gasteiger partial charge in [-0.2, -0.15) is 13.2 Å². The van der Waals surface area contributed by atoms with Gasteiger partial charge < -0.3 is 0 Å². The molecule has 0 atom stereocenters. The molecule has 3 nitrogen and oxygen atoms in total. The normalized spacial score (nSPS) is 12.0. The van der Waals surface area contributed by atoms with Gasteiger partial charge in [-0.15, -0.1) is 16.7 Å². The highest BCUT2D eigenvalue weighted by molar-refractivity contribution is 6.17. The van der Waals surface area contributed by atoms with E-state index in [1.54, 1.807) is 0 Å². The first-order chi connectivity index (χ1) is 7.01. The molecule has 1 aromatic rings.